The number of halogens is 2. The van der Waals surface area contributed by atoms with E-state index in [2.05, 4.69) is 0 Å². The summed E-state index contributed by atoms with van der Waals surface area (Å²) in [6.45, 7) is -0.666. The summed E-state index contributed by atoms with van der Waals surface area (Å²) in [6, 6.07) is 4.51. The lowest BCUT2D eigenvalue weighted by molar-refractivity contribution is 0.484. The summed E-state index contributed by atoms with van der Waals surface area (Å²) in [7, 11) is -3.45. The molecule has 0 saturated carbocycles. The van der Waals surface area contributed by atoms with Gasteiger partial charge in [0.15, 0.2) is 9.84 Å². The molecule has 1 aromatic rings. The quantitative estimate of drug-likeness (QED) is 0.727. The van der Waals surface area contributed by atoms with Gasteiger partial charge in [-0.25, -0.2) is 12.8 Å². The van der Waals surface area contributed by atoms with Gasteiger partial charge in [-0.05, 0) is 30.7 Å². The lowest BCUT2D eigenvalue weighted by atomic mass is 10.4. The highest BCUT2D eigenvalue weighted by Gasteiger charge is 2.13. The van der Waals surface area contributed by atoms with Gasteiger partial charge in [0.1, 0.15) is 5.82 Å². The third-order valence-corrected chi connectivity index (χ3v) is 3.54. The molecule has 0 aliphatic rings. The Morgan fingerprint density at radius 3 is 2.21 bits per heavy atom. The molecule has 0 aliphatic carbocycles. The van der Waals surface area contributed by atoms with Crippen molar-refractivity contribution in [1.29, 1.82) is 0 Å². The van der Waals surface area contributed by atoms with Crippen molar-refractivity contribution in [2.75, 3.05) is 12.4 Å². The summed E-state index contributed by atoms with van der Waals surface area (Å²) in [5.41, 5.74) is 0. The summed E-state index contributed by atoms with van der Waals surface area (Å²) < 4.78 is 47.1. The Labute approximate surface area is 81.5 Å². The summed E-state index contributed by atoms with van der Waals surface area (Å²) in [6.07, 6.45) is -0.0281. The normalized spacial score (nSPS) is 11.6. The predicted molar refractivity (Wildman–Crippen MR) is 49.0 cm³/mol. The molecule has 0 aromatic heterocycles. The number of hydrogen-bond acceptors (Lipinski definition) is 2. The molecule has 1 aromatic carbocycles. The molecule has 0 amide bonds. The van der Waals surface area contributed by atoms with Crippen LogP contribution in [0.4, 0.5) is 8.78 Å². The SMILES string of the molecule is O=S(=O)(CCCF)c1ccc(F)cc1. The van der Waals surface area contributed by atoms with Crippen molar-refractivity contribution in [2.24, 2.45) is 0 Å². The monoisotopic (exact) mass is 220 g/mol. The third kappa shape index (κ3) is 2.77. The average Bonchev–Trinajstić information content (AvgIpc) is 2.16. The largest absolute Gasteiger partial charge is 0.251 e. The van der Waals surface area contributed by atoms with Gasteiger partial charge in [-0.2, -0.15) is 0 Å². The number of hydrogen-bond donors (Lipinski definition) is 0. The van der Waals surface area contributed by atoms with Crippen molar-refractivity contribution in [3.63, 3.8) is 0 Å². The van der Waals surface area contributed by atoms with E-state index in [0.29, 0.717) is 0 Å². The van der Waals surface area contributed by atoms with Crippen LogP contribution in [0.15, 0.2) is 29.2 Å². The second kappa shape index (κ2) is 4.50. The number of alkyl halides is 1. The minimum atomic E-state index is -3.45. The van der Waals surface area contributed by atoms with Gasteiger partial charge in [-0.3, -0.25) is 4.39 Å². The minimum absolute atomic E-state index is 0.0281. The van der Waals surface area contributed by atoms with Crippen molar-refractivity contribution in [2.45, 2.75) is 11.3 Å². The fourth-order valence-corrected chi connectivity index (χ4v) is 2.28. The average molecular weight is 220 g/mol. The summed E-state index contributed by atoms with van der Waals surface area (Å²) in [5.74, 6) is -0.732. The Kier molecular flexibility index (Phi) is 3.57. The van der Waals surface area contributed by atoms with Gasteiger partial charge in [-0.15, -0.1) is 0 Å². The maximum atomic E-state index is 12.5. The van der Waals surface area contributed by atoms with Crippen molar-refractivity contribution in [3.8, 4) is 0 Å². The second-order valence-corrected chi connectivity index (χ2v) is 4.92. The van der Waals surface area contributed by atoms with Crippen LogP contribution < -0.4 is 0 Å². The van der Waals surface area contributed by atoms with E-state index in [9.17, 15) is 17.2 Å². The van der Waals surface area contributed by atoms with Crippen LogP contribution in [0, 0.1) is 5.82 Å². The van der Waals surface area contributed by atoms with Crippen LogP contribution in [-0.2, 0) is 9.84 Å². The van der Waals surface area contributed by atoms with Crippen LogP contribution in [0.25, 0.3) is 0 Å². The molecule has 5 heteroatoms. The Balaban J connectivity index is 2.87. The van der Waals surface area contributed by atoms with E-state index in [-0.39, 0.29) is 17.1 Å². The van der Waals surface area contributed by atoms with E-state index >= 15 is 0 Å². The number of rotatable bonds is 4. The van der Waals surface area contributed by atoms with Crippen LogP contribution in [0.3, 0.4) is 0 Å². The molecule has 0 spiro atoms. The van der Waals surface area contributed by atoms with Gasteiger partial charge in [0, 0.05) is 0 Å². The maximum absolute atomic E-state index is 12.5. The van der Waals surface area contributed by atoms with Crippen molar-refractivity contribution in [1.82, 2.24) is 0 Å². The van der Waals surface area contributed by atoms with Crippen LogP contribution in [0.1, 0.15) is 6.42 Å². The molecule has 14 heavy (non-hydrogen) atoms. The molecule has 0 unspecified atom stereocenters. The first-order valence-electron chi connectivity index (χ1n) is 4.10. The first-order valence-corrected chi connectivity index (χ1v) is 5.76. The van der Waals surface area contributed by atoms with Crippen molar-refractivity contribution >= 4 is 9.84 Å². The Bertz CT molecular complexity index is 384. The summed E-state index contributed by atoms with van der Waals surface area (Å²) in [4.78, 5) is 0.0346. The zero-order valence-corrected chi connectivity index (χ0v) is 8.23. The van der Waals surface area contributed by atoms with Crippen LogP contribution in [0.5, 0.6) is 0 Å². The van der Waals surface area contributed by atoms with Gasteiger partial charge in [0.05, 0.1) is 17.3 Å². The van der Waals surface area contributed by atoms with E-state index in [1.807, 2.05) is 0 Å². The Morgan fingerprint density at radius 2 is 1.71 bits per heavy atom. The standard InChI is InChI=1S/C9H10F2O2S/c10-6-1-7-14(12,13)9-4-2-8(11)3-5-9/h2-5H,1,6-7H2. The van der Waals surface area contributed by atoms with E-state index in [1.165, 1.54) is 12.1 Å². The first-order chi connectivity index (χ1) is 6.56. The molecular weight excluding hydrogens is 210 g/mol. The van der Waals surface area contributed by atoms with Crippen LogP contribution in [0.2, 0.25) is 0 Å². The number of sulfone groups is 1. The number of benzene rings is 1. The molecule has 0 fully saturated rings. The third-order valence-electron chi connectivity index (χ3n) is 1.72. The molecule has 0 aliphatic heterocycles. The molecule has 0 heterocycles. The Morgan fingerprint density at radius 1 is 1.14 bits per heavy atom. The highest BCUT2D eigenvalue weighted by molar-refractivity contribution is 7.91. The van der Waals surface area contributed by atoms with E-state index < -0.39 is 22.3 Å². The topological polar surface area (TPSA) is 34.1 Å². The smallest absolute Gasteiger partial charge is 0.178 e. The van der Waals surface area contributed by atoms with Crippen LogP contribution in [-0.4, -0.2) is 20.8 Å². The van der Waals surface area contributed by atoms with Gasteiger partial charge < -0.3 is 0 Å². The lowest BCUT2D eigenvalue weighted by Crippen LogP contribution is -2.07. The lowest BCUT2D eigenvalue weighted by Gasteiger charge is -2.01. The maximum Gasteiger partial charge on any atom is 0.178 e. The first kappa shape index (κ1) is 11.1. The molecule has 0 radical (unpaired) electrons. The van der Waals surface area contributed by atoms with Crippen LogP contribution >= 0.6 is 0 Å². The molecule has 0 atom stereocenters. The highest BCUT2D eigenvalue weighted by Crippen LogP contribution is 2.12. The van der Waals surface area contributed by atoms with Crippen molar-refractivity contribution < 1.29 is 17.2 Å². The van der Waals surface area contributed by atoms with E-state index in [4.69, 9.17) is 0 Å². The molecular formula is C9H10F2O2S. The minimum Gasteiger partial charge on any atom is -0.251 e. The zero-order chi connectivity index (χ0) is 10.6. The van der Waals surface area contributed by atoms with Gasteiger partial charge in [0.25, 0.3) is 0 Å². The van der Waals surface area contributed by atoms with Gasteiger partial charge in [0.2, 0.25) is 0 Å². The van der Waals surface area contributed by atoms with E-state index in [0.717, 1.165) is 12.1 Å². The van der Waals surface area contributed by atoms with Gasteiger partial charge in [-0.1, -0.05) is 0 Å². The fourth-order valence-electron chi connectivity index (χ4n) is 1.00. The second-order valence-electron chi connectivity index (χ2n) is 2.82. The molecule has 78 valence electrons. The zero-order valence-electron chi connectivity index (χ0n) is 7.41. The molecule has 0 bridgehead atoms. The summed E-state index contributed by atoms with van der Waals surface area (Å²) >= 11 is 0. The van der Waals surface area contributed by atoms with E-state index in [1.54, 1.807) is 0 Å². The molecule has 2 nitrogen and oxygen atoms in total. The predicted octanol–water partition coefficient (Wildman–Crippen LogP) is 1.96. The van der Waals surface area contributed by atoms with Gasteiger partial charge >= 0.3 is 0 Å². The molecule has 1 rings (SSSR count). The molecule has 0 N–H and O–H groups in total. The Hall–Kier alpha value is -0.970. The summed E-state index contributed by atoms with van der Waals surface area (Å²) in [5, 5.41) is 0. The highest BCUT2D eigenvalue weighted by atomic mass is 32.2. The fraction of sp³-hybridized carbons (Fsp3) is 0.333. The van der Waals surface area contributed by atoms with Crippen molar-refractivity contribution in [3.05, 3.63) is 30.1 Å². The molecule has 0 saturated heterocycles.